The van der Waals surface area contributed by atoms with Gasteiger partial charge in [0.2, 0.25) is 0 Å². The molecule has 9 heteroatoms. The second-order valence-electron chi connectivity index (χ2n) is 4.57. The Morgan fingerprint density at radius 3 is 2.50 bits per heavy atom. The Labute approximate surface area is 138 Å². The van der Waals surface area contributed by atoms with Crippen LogP contribution >= 0.6 is 11.6 Å². The van der Waals surface area contributed by atoms with E-state index in [-0.39, 0.29) is 10.6 Å². The Balaban J connectivity index is 2.25. The van der Waals surface area contributed by atoms with Gasteiger partial charge in [0, 0.05) is 5.02 Å². The molecule has 124 valence electrons. The number of anilines is 1. The maximum absolute atomic E-state index is 13.5. The summed E-state index contributed by atoms with van der Waals surface area (Å²) in [6, 6.07) is 7.57. The second-order valence-corrected chi connectivity index (χ2v) is 5.01. The molecule has 0 aliphatic carbocycles. The Bertz CT molecular complexity index is 830. The summed E-state index contributed by atoms with van der Waals surface area (Å²) < 4.78 is 52.5. The third-order valence-electron chi connectivity index (χ3n) is 2.94. The van der Waals surface area contributed by atoms with Gasteiger partial charge in [-0.1, -0.05) is 11.6 Å². The van der Waals surface area contributed by atoms with Crippen LogP contribution in [0, 0.1) is 17.1 Å². The van der Waals surface area contributed by atoms with Crippen LogP contribution in [0.4, 0.5) is 23.2 Å². The monoisotopic (exact) mass is 357 g/mol. The van der Waals surface area contributed by atoms with Gasteiger partial charge in [-0.25, -0.2) is 4.39 Å². The van der Waals surface area contributed by atoms with E-state index in [1.807, 2.05) is 5.43 Å². The molecule has 0 saturated carbocycles. The molecule has 2 aromatic rings. The van der Waals surface area contributed by atoms with Crippen molar-refractivity contribution >= 4 is 23.2 Å². The van der Waals surface area contributed by atoms with Crippen molar-refractivity contribution in [2.45, 2.75) is 6.18 Å². The summed E-state index contributed by atoms with van der Waals surface area (Å²) in [5.41, 5.74) is 1.78. The molecular formula is C15H8ClF4N3O. The van der Waals surface area contributed by atoms with Crippen LogP contribution in [0.25, 0.3) is 0 Å². The lowest BCUT2D eigenvalue weighted by molar-refractivity contribution is -0.137. The molecule has 0 spiro atoms. The molecule has 0 fully saturated rings. The maximum atomic E-state index is 13.5. The summed E-state index contributed by atoms with van der Waals surface area (Å²) in [6.07, 6.45) is -4.75. The molecule has 0 unspecified atom stereocenters. The summed E-state index contributed by atoms with van der Waals surface area (Å²) >= 11 is 5.65. The number of rotatable bonds is 3. The minimum Gasteiger partial charge on any atom is -0.298 e. The molecule has 0 bridgehead atoms. The zero-order valence-electron chi connectivity index (χ0n) is 11.7. The number of hydrogen-bond acceptors (Lipinski definition) is 3. The van der Waals surface area contributed by atoms with Crippen LogP contribution in [0.1, 0.15) is 21.5 Å². The van der Waals surface area contributed by atoms with Crippen molar-refractivity contribution in [3.05, 3.63) is 63.9 Å². The van der Waals surface area contributed by atoms with Crippen LogP contribution in [-0.4, -0.2) is 5.91 Å². The summed E-state index contributed by atoms with van der Waals surface area (Å²) in [4.78, 5) is 11.9. The van der Waals surface area contributed by atoms with E-state index in [4.69, 9.17) is 16.9 Å². The molecule has 1 amide bonds. The molecule has 0 aliphatic heterocycles. The molecular weight excluding hydrogens is 350 g/mol. The lowest BCUT2D eigenvalue weighted by Gasteiger charge is -2.15. The van der Waals surface area contributed by atoms with Crippen molar-refractivity contribution < 1.29 is 22.4 Å². The van der Waals surface area contributed by atoms with Gasteiger partial charge in [0.15, 0.2) is 0 Å². The Hall–Kier alpha value is -2.79. The molecule has 0 saturated heterocycles. The number of carbonyl (C=O) groups excluding carboxylic acids is 1. The van der Waals surface area contributed by atoms with E-state index >= 15 is 0 Å². The molecule has 24 heavy (non-hydrogen) atoms. The molecule has 0 heterocycles. The SMILES string of the molecule is N#Cc1ccc(NNC(=O)c2cc(Cl)ccc2F)c(C(F)(F)F)c1. The van der Waals surface area contributed by atoms with E-state index in [0.29, 0.717) is 6.07 Å². The van der Waals surface area contributed by atoms with Gasteiger partial charge in [0.05, 0.1) is 28.4 Å². The molecule has 0 aromatic heterocycles. The van der Waals surface area contributed by atoms with Crippen LogP contribution in [0.5, 0.6) is 0 Å². The number of nitriles is 1. The number of amides is 1. The molecule has 0 aliphatic rings. The van der Waals surface area contributed by atoms with E-state index in [9.17, 15) is 22.4 Å². The summed E-state index contributed by atoms with van der Waals surface area (Å²) in [5, 5.41) is 8.77. The van der Waals surface area contributed by atoms with Gasteiger partial charge in [-0.3, -0.25) is 15.6 Å². The average molecular weight is 358 g/mol. The third kappa shape index (κ3) is 3.94. The van der Waals surface area contributed by atoms with Crippen LogP contribution in [0.15, 0.2) is 36.4 Å². The third-order valence-corrected chi connectivity index (χ3v) is 3.17. The minimum atomic E-state index is -4.75. The lowest BCUT2D eigenvalue weighted by atomic mass is 10.1. The predicted octanol–water partition coefficient (Wildman–Crippen LogP) is 4.13. The Morgan fingerprint density at radius 1 is 1.17 bits per heavy atom. The second kappa shape index (κ2) is 6.76. The van der Waals surface area contributed by atoms with Crippen molar-refractivity contribution in [2.24, 2.45) is 0 Å². The highest BCUT2D eigenvalue weighted by Gasteiger charge is 2.34. The summed E-state index contributed by atoms with van der Waals surface area (Å²) in [6.45, 7) is 0. The van der Waals surface area contributed by atoms with Gasteiger partial charge in [0.25, 0.3) is 5.91 Å². The van der Waals surface area contributed by atoms with E-state index in [2.05, 4.69) is 5.43 Å². The van der Waals surface area contributed by atoms with Gasteiger partial charge in [0.1, 0.15) is 5.82 Å². The van der Waals surface area contributed by atoms with Crippen LogP contribution < -0.4 is 10.9 Å². The number of alkyl halides is 3. The average Bonchev–Trinajstić information content (AvgIpc) is 2.53. The van der Waals surface area contributed by atoms with E-state index in [0.717, 1.165) is 24.3 Å². The highest BCUT2D eigenvalue weighted by atomic mass is 35.5. The fourth-order valence-corrected chi connectivity index (χ4v) is 1.99. The van der Waals surface area contributed by atoms with Crippen LogP contribution in [0.2, 0.25) is 5.02 Å². The quantitative estimate of drug-likeness (QED) is 0.641. The van der Waals surface area contributed by atoms with E-state index in [1.54, 1.807) is 6.07 Å². The number of benzene rings is 2. The van der Waals surface area contributed by atoms with Gasteiger partial charge in [-0.15, -0.1) is 0 Å². The van der Waals surface area contributed by atoms with Gasteiger partial charge >= 0.3 is 6.18 Å². The van der Waals surface area contributed by atoms with E-state index < -0.39 is 34.7 Å². The normalized spacial score (nSPS) is 10.8. The zero-order valence-corrected chi connectivity index (χ0v) is 12.5. The van der Waals surface area contributed by atoms with Gasteiger partial charge < -0.3 is 0 Å². The highest BCUT2D eigenvalue weighted by Crippen LogP contribution is 2.35. The Morgan fingerprint density at radius 2 is 1.88 bits per heavy atom. The molecule has 2 N–H and O–H groups in total. The largest absolute Gasteiger partial charge is 0.418 e. The fourth-order valence-electron chi connectivity index (χ4n) is 1.82. The lowest BCUT2D eigenvalue weighted by Crippen LogP contribution is -2.31. The molecule has 2 aromatic carbocycles. The van der Waals surface area contributed by atoms with Crippen molar-refractivity contribution in [1.82, 2.24) is 5.43 Å². The van der Waals surface area contributed by atoms with Crippen molar-refractivity contribution in [1.29, 1.82) is 5.26 Å². The zero-order chi connectivity index (χ0) is 17.9. The standard InChI is InChI=1S/C15H8ClF4N3O/c16-9-2-3-12(17)10(6-9)14(24)23-22-13-4-1-8(7-21)5-11(13)15(18,19)20/h1-6,22H,(H,23,24). The number of nitrogens with zero attached hydrogens (tertiary/aromatic N) is 1. The molecule has 0 radical (unpaired) electrons. The topological polar surface area (TPSA) is 64.9 Å². The Kier molecular flexibility index (Phi) is 4.95. The van der Waals surface area contributed by atoms with Crippen LogP contribution in [-0.2, 0) is 6.18 Å². The number of hydrazine groups is 1. The first-order chi connectivity index (χ1) is 11.2. The summed E-state index contributed by atoms with van der Waals surface area (Å²) in [5.74, 6) is -1.89. The summed E-state index contributed by atoms with van der Waals surface area (Å²) in [7, 11) is 0. The maximum Gasteiger partial charge on any atom is 0.418 e. The first-order valence-corrected chi connectivity index (χ1v) is 6.73. The van der Waals surface area contributed by atoms with Crippen molar-refractivity contribution in [2.75, 3.05) is 5.43 Å². The molecule has 4 nitrogen and oxygen atoms in total. The number of hydrogen-bond donors (Lipinski definition) is 2. The van der Waals surface area contributed by atoms with Gasteiger partial charge in [-0.05, 0) is 36.4 Å². The molecule has 2 rings (SSSR count). The first kappa shape index (κ1) is 17.6. The predicted molar refractivity (Wildman–Crippen MR) is 78.7 cm³/mol. The van der Waals surface area contributed by atoms with E-state index in [1.165, 1.54) is 6.07 Å². The highest BCUT2D eigenvalue weighted by molar-refractivity contribution is 6.31. The first-order valence-electron chi connectivity index (χ1n) is 6.35. The number of carbonyl (C=O) groups is 1. The fraction of sp³-hybridized carbons (Fsp3) is 0.0667. The number of halogens is 5. The number of nitrogens with one attached hydrogen (secondary N) is 2. The smallest absolute Gasteiger partial charge is 0.298 e. The van der Waals surface area contributed by atoms with Crippen LogP contribution in [0.3, 0.4) is 0 Å². The molecule has 0 atom stereocenters. The minimum absolute atomic E-state index is 0.0934. The van der Waals surface area contributed by atoms with Crippen molar-refractivity contribution in [3.63, 3.8) is 0 Å². The van der Waals surface area contributed by atoms with Gasteiger partial charge in [-0.2, -0.15) is 18.4 Å². The van der Waals surface area contributed by atoms with Crippen molar-refractivity contribution in [3.8, 4) is 6.07 Å².